The molecule has 3 rings (SSSR count). The topological polar surface area (TPSA) is 37.3 Å². The zero-order valence-corrected chi connectivity index (χ0v) is 13.9. The highest BCUT2D eigenvalue weighted by atomic mass is 79.9. The minimum Gasteiger partial charge on any atom is -0.478 e. The van der Waals surface area contributed by atoms with Crippen molar-refractivity contribution in [1.82, 2.24) is 0 Å². The van der Waals surface area contributed by atoms with Crippen LogP contribution >= 0.6 is 43.5 Å². The molecule has 0 aromatic heterocycles. The molecule has 0 fully saturated rings. The molecule has 100 valence electrons. The van der Waals surface area contributed by atoms with Gasteiger partial charge in [0, 0.05) is 14.0 Å². The van der Waals surface area contributed by atoms with E-state index in [1.807, 2.05) is 12.1 Å². The van der Waals surface area contributed by atoms with Crippen LogP contribution in [0.1, 0.15) is 10.4 Å². The van der Waals surface area contributed by atoms with Crippen LogP contribution in [0.3, 0.4) is 0 Å². The summed E-state index contributed by atoms with van der Waals surface area (Å²) in [7, 11) is 0. The number of benzene rings is 3. The molecule has 0 atom stereocenters. The van der Waals surface area contributed by atoms with Crippen LogP contribution in [0.15, 0.2) is 45.3 Å². The molecule has 3 aromatic carbocycles. The molecule has 5 heteroatoms. The largest absolute Gasteiger partial charge is 0.478 e. The van der Waals surface area contributed by atoms with Gasteiger partial charge in [0.15, 0.2) is 0 Å². The van der Waals surface area contributed by atoms with Gasteiger partial charge in [0.2, 0.25) is 0 Å². The number of carbonyl (C=O) groups is 1. The van der Waals surface area contributed by atoms with Gasteiger partial charge in [-0.25, -0.2) is 4.79 Å². The van der Waals surface area contributed by atoms with Crippen LogP contribution in [0.2, 0.25) is 5.02 Å². The van der Waals surface area contributed by atoms with E-state index in [1.54, 1.807) is 24.3 Å². The van der Waals surface area contributed by atoms with E-state index in [9.17, 15) is 9.90 Å². The lowest BCUT2D eigenvalue weighted by molar-refractivity contribution is 0.0699. The molecule has 20 heavy (non-hydrogen) atoms. The predicted octanol–water partition coefficient (Wildman–Crippen LogP) is 5.87. The fraction of sp³-hybridized carbons (Fsp3) is 0. The lowest BCUT2D eigenvalue weighted by Crippen LogP contribution is -1.98. The molecule has 1 N–H and O–H groups in total. The average molecular weight is 414 g/mol. The van der Waals surface area contributed by atoms with Gasteiger partial charge in [0.05, 0.1) is 5.56 Å². The van der Waals surface area contributed by atoms with Crippen LogP contribution in [-0.2, 0) is 0 Å². The monoisotopic (exact) mass is 412 g/mol. The third-order valence-electron chi connectivity index (χ3n) is 3.18. The van der Waals surface area contributed by atoms with E-state index in [0.717, 1.165) is 25.1 Å². The second-order valence-electron chi connectivity index (χ2n) is 4.41. The van der Waals surface area contributed by atoms with Gasteiger partial charge < -0.3 is 5.11 Å². The van der Waals surface area contributed by atoms with E-state index < -0.39 is 5.97 Å². The summed E-state index contributed by atoms with van der Waals surface area (Å²) in [5.41, 5.74) is 0.276. The number of fused-ring (bicyclic) bond motifs is 3. The fourth-order valence-electron chi connectivity index (χ4n) is 2.30. The summed E-state index contributed by atoms with van der Waals surface area (Å²) in [6, 6.07) is 10.8. The molecule has 0 bridgehead atoms. The molecule has 0 amide bonds. The summed E-state index contributed by atoms with van der Waals surface area (Å²) in [6.07, 6.45) is 0. The van der Waals surface area contributed by atoms with Crippen LogP contribution in [0.5, 0.6) is 0 Å². The maximum absolute atomic E-state index is 11.4. The Labute approximate surface area is 136 Å². The summed E-state index contributed by atoms with van der Waals surface area (Å²) in [6.45, 7) is 0. The van der Waals surface area contributed by atoms with E-state index in [4.69, 9.17) is 11.6 Å². The Bertz CT molecular complexity index is 875. The van der Waals surface area contributed by atoms with Crippen LogP contribution in [0, 0.1) is 0 Å². The van der Waals surface area contributed by atoms with Crippen molar-refractivity contribution in [2.75, 3.05) is 0 Å². The Kier molecular flexibility index (Phi) is 3.48. The third-order valence-corrected chi connectivity index (χ3v) is 5.26. The van der Waals surface area contributed by atoms with Gasteiger partial charge in [0.25, 0.3) is 0 Å². The lowest BCUT2D eigenvalue weighted by atomic mass is 9.97. The molecular weight excluding hydrogens is 407 g/mol. The molecule has 0 radical (unpaired) electrons. The van der Waals surface area contributed by atoms with Gasteiger partial charge in [-0.1, -0.05) is 17.7 Å². The Balaban J connectivity index is 2.58. The normalized spacial score (nSPS) is 11.2. The number of carboxylic acid groups (broad SMARTS) is 1. The summed E-state index contributed by atoms with van der Waals surface area (Å²) in [5, 5.41) is 13.3. The molecule has 0 unspecified atom stereocenters. The lowest BCUT2D eigenvalue weighted by Gasteiger charge is -2.09. The fourth-order valence-corrected chi connectivity index (χ4v) is 3.18. The number of halogens is 3. The number of rotatable bonds is 1. The minimum atomic E-state index is -0.946. The Morgan fingerprint density at radius 1 is 0.950 bits per heavy atom. The van der Waals surface area contributed by atoms with Crippen molar-refractivity contribution in [3.05, 3.63) is 55.9 Å². The highest BCUT2D eigenvalue weighted by Crippen LogP contribution is 2.35. The average Bonchev–Trinajstić information content (AvgIpc) is 2.39. The summed E-state index contributed by atoms with van der Waals surface area (Å²) >= 11 is 13.0. The van der Waals surface area contributed by atoms with Crippen molar-refractivity contribution in [1.29, 1.82) is 0 Å². The number of hydrogen-bond donors (Lipinski definition) is 1. The molecule has 0 spiro atoms. The van der Waals surface area contributed by atoms with Crippen LogP contribution in [-0.4, -0.2) is 11.1 Å². The Hall–Kier alpha value is -1.10. The van der Waals surface area contributed by atoms with E-state index in [-0.39, 0.29) is 5.56 Å². The molecule has 0 saturated carbocycles. The first-order valence-electron chi connectivity index (χ1n) is 5.71. The van der Waals surface area contributed by atoms with Gasteiger partial charge in [-0.05, 0) is 83.7 Å². The van der Waals surface area contributed by atoms with Crippen molar-refractivity contribution in [3.63, 3.8) is 0 Å². The van der Waals surface area contributed by atoms with Crippen molar-refractivity contribution in [2.24, 2.45) is 0 Å². The molecule has 3 aromatic rings. The summed E-state index contributed by atoms with van der Waals surface area (Å²) in [5.74, 6) is -0.946. The molecule has 0 saturated heterocycles. The first-order valence-corrected chi connectivity index (χ1v) is 7.68. The van der Waals surface area contributed by atoms with Gasteiger partial charge in [-0.15, -0.1) is 0 Å². The molecule has 2 nitrogen and oxygen atoms in total. The van der Waals surface area contributed by atoms with E-state index in [2.05, 4.69) is 31.9 Å². The quantitative estimate of drug-likeness (QED) is 0.506. The molecular formula is C15H7Br2ClO2. The van der Waals surface area contributed by atoms with Crippen molar-refractivity contribution < 1.29 is 9.90 Å². The van der Waals surface area contributed by atoms with Crippen LogP contribution in [0.25, 0.3) is 21.5 Å². The van der Waals surface area contributed by atoms with E-state index >= 15 is 0 Å². The van der Waals surface area contributed by atoms with Crippen LogP contribution < -0.4 is 0 Å². The van der Waals surface area contributed by atoms with Gasteiger partial charge in [-0.3, -0.25) is 0 Å². The van der Waals surface area contributed by atoms with Crippen molar-refractivity contribution in [3.8, 4) is 0 Å². The zero-order valence-electron chi connectivity index (χ0n) is 9.95. The van der Waals surface area contributed by atoms with Crippen molar-refractivity contribution >= 4 is 71.0 Å². The second-order valence-corrected chi connectivity index (χ2v) is 6.55. The standard InChI is InChI=1S/C15H7Br2ClO2/c16-13-4-7-3-12(15(19)20)9-2-1-8(18)5-11(9)10(7)6-14(13)17/h1-6H,(H,19,20). The maximum Gasteiger partial charge on any atom is 0.336 e. The molecule has 0 aliphatic rings. The smallest absolute Gasteiger partial charge is 0.336 e. The van der Waals surface area contributed by atoms with E-state index in [0.29, 0.717) is 10.4 Å². The zero-order chi connectivity index (χ0) is 14.4. The van der Waals surface area contributed by atoms with Crippen LogP contribution in [0.4, 0.5) is 0 Å². The van der Waals surface area contributed by atoms with Gasteiger partial charge in [0.1, 0.15) is 0 Å². The molecule has 0 aliphatic heterocycles. The van der Waals surface area contributed by atoms with Gasteiger partial charge in [-0.2, -0.15) is 0 Å². The van der Waals surface area contributed by atoms with E-state index in [1.165, 1.54) is 0 Å². The first-order chi connectivity index (χ1) is 9.47. The number of hydrogen-bond acceptors (Lipinski definition) is 1. The second kappa shape index (κ2) is 5.02. The van der Waals surface area contributed by atoms with Gasteiger partial charge >= 0.3 is 5.97 Å². The van der Waals surface area contributed by atoms with Crippen molar-refractivity contribution in [2.45, 2.75) is 0 Å². The minimum absolute atomic E-state index is 0.276. The number of aromatic carboxylic acids is 1. The Morgan fingerprint density at radius 2 is 1.65 bits per heavy atom. The molecule has 0 aliphatic carbocycles. The highest BCUT2D eigenvalue weighted by Gasteiger charge is 2.13. The maximum atomic E-state index is 11.4. The Morgan fingerprint density at radius 3 is 2.35 bits per heavy atom. The SMILES string of the molecule is O=C(O)c1cc2cc(Br)c(Br)cc2c2cc(Cl)ccc12. The highest BCUT2D eigenvalue weighted by molar-refractivity contribution is 9.13. The summed E-state index contributed by atoms with van der Waals surface area (Å²) in [4.78, 5) is 11.4. The third kappa shape index (κ3) is 2.22. The first kappa shape index (κ1) is 13.9. The molecule has 0 heterocycles. The predicted molar refractivity (Wildman–Crippen MR) is 88.8 cm³/mol. The summed E-state index contributed by atoms with van der Waals surface area (Å²) < 4.78 is 1.79. The number of carboxylic acids is 1.